The quantitative estimate of drug-likeness (QED) is 0.463. The molecule has 0 saturated carbocycles. The molecule has 6 nitrogen and oxygen atoms in total. The molecule has 0 aromatic heterocycles. The number of carbonyl (C=O) groups excluding carboxylic acids is 2. The molecule has 2 amide bonds. The van der Waals surface area contributed by atoms with Crippen LogP contribution in [0.15, 0.2) is 66.3 Å². The Morgan fingerprint density at radius 3 is 2.76 bits per heavy atom. The Kier molecular flexibility index (Phi) is 6.47. The van der Waals surface area contributed by atoms with E-state index in [-0.39, 0.29) is 11.8 Å². The Bertz CT molecular complexity index is 800. The lowest BCUT2D eigenvalue weighted by molar-refractivity contribution is -0.114. The summed E-state index contributed by atoms with van der Waals surface area (Å²) in [4.78, 5) is 23.2. The van der Waals surface area contributed by atoms with Gasteiger partial charge in [0.15, 0.2) is 0 Å². The van der Waals surface area contributed by atoms with Crippen LogP contribution in [0.4, 0.5) is 5.69 Å². The summed E-state index contributed by atoms with van der Waals surface area (Å²) in [5.74, 6) is 0.120. The summed E-state index contributed by atoms with van der Waals surface area (Å²) in [6, 6.07) is 13.9. The Labute approximate surface area is 146 Å². The molecule has 0 atom stereocenters. The molecular weight excluding hydrogens is 318 g/mol. The molecule has 0 aliphatic carbocycles. The highest BCUT2D eigenvalue weighted by Crippen LogP contribution is 2.12. The minimum absolute atomic E-state index is 0.200. The zero-order valence-corrected chi connectivity index (χ0v) is 13.9. The van der Waals surface area contributed by atoms with Crippen molar-refractivity contribution in [3.05, 3.63) is 72.3 Å². The van der Waals surface area contributed by atoms with E-state index in [1.165, 1.54) is 13.1 Å². The van der Waals surface area contributed by atoms with E-state index in [0.717, 1.165) is 5.56 Å². The summed E-state index contributed by atoms with van der Waals surface area (Å²) < 4.78 is 5.44. The number of benzene rings is 2. The van der Waals surface area contributed by atoms with Crippen LogP contribution in [0.25, 0.3) is 0 Å². The molecule has 0 aliphatic heterocycles. The molecule has 2 aromatic rings. The second kappa shape index (κ2) is 9.02. The molecule has 0 heterocycles. The van der Waals surface area contributed by atoms with Crippen LogP contribution >= 0.6 is 0 Å². The maximum atomic E-state index is 12.1. The predicted molar refractivity (Wildman–Crippen MR) is 97.9 cm³/mol. The fourth-order valence-corrected chi connectivity index (χ4v) is 2.01. The van der Waals surface area contributed by atoms with E-state index >= 15 is 0 Å². The van der Waals surface area contributed by atoms with Gasteiger partial charge < -0.3 is 10.1 Å². The number of nitrogens with one attached hydrogen (secondary N) is 2. The SMILES string of the molecule is C=CCOc1cccc(/C=N\NC(=O)c2cccc(NC(C)=O)c2)c1. The molecule has 2 rings (SSSR count). The van der Waals surface area contributed by atoms with E-state index in [4.69, 9.17) is 4.74 Å². The average molecular weight is 337 g/mol. The van der Waals surface area contributed by atoms with Crippen molar-refractivity contribution >= 4 is 23.7 Å². The van der Waals surface area contributed by atoms with Gasteiger partial charge in [-0.1, -0.05) is 30.9 Å². The first-order valence-corrected chi connectivity index (χ1v) is 7.63. The summed E-state index contributed by atoms with van der Waals surface area (Å²) in [6.07, 6.45) is 3.19. The first kappa shape index (κ1) is 17.9. The first-order chi connectivity index (χ1) is 12.1. The first-order valence-electron chi connectivity index (χ1n) is 7.63. The summed E-state index contributed by atoms with van der Waals surface area (Å²) >= 11 is 0. The molecule has 0 fully saturated rings. The van der Waals surface area contributed by atoms with E-state index in [2.05, 4.69) is 22.4 Å². The number of anilines is 1. The van der Waals surface area contributed by atoms with Gasteiger partial charge in [-0.15, -0.1) is 0 Å². The van der Waals surface area contributed by atoms with Crippen LogP contribution in [0.1, 0.15) is 22.8 Å². The van der Waals surface area contributed by atoms with Crippen LogP contribution in [-0.2, 0) is 4.79 Å². The lowest BCUT2D eigenvalue weighted by Crippen LogP contribution is -2.18. The molecule has 128 valence electrons. The molecule has 0 bridgehead atoms. The van der Waals surface area contributed by atoms with Crippen molar-refractivity contribution in [1.82, 2.24) is 5.43 Å². The number of amides is 2. The van der Waals surface area contributed by atoms with E-state index in [9.17, 15) is 9.59 Å². The molecule has 0 aliphatic rings. The summed E-state index contributed by atoms with van der Waals surface area (Å²) in [6.45, 7) is 5.42. The minimum Gasteiger partial charge on any atom is -0.490 e. The highest BCUT2D eigenvalue weighted by Gasteiger charge is 2.05. The Hall–Kier alpha value is -3.41. The van der Waals surface area contributed by atoms with Gasteiger partial charge in [0.05, 0.1) is 6.21 Å². The number of carbonyl (C=O) groups is 2. The third-order valence-corrected chi connectivity index (χ3v) is 3.05. The van der Waals surface area contributed by atoms with Gasteiger partial charge in [-0.25, -0.2) is 5.43 Å². The lowest BCUT2D eigenvalue weighted by Gasteiger charge is -2.05. The van der Waals surface area contributed by atoms with Crippen molar-refractivity contribution in [3.8, 4) is 5.75 Å². The van der Waals surface area contributed by atoms with Gasteiger partial charge in [0.2, 0.25) is 5.91 Å². The topological polar surface area (TPSA) is 79.8 Å². The van der Waals surface area contributed by atoms with Crippen LogP contribution in [0.5, 0.6) is 5.75 Å². The molecule has 2 aromatic carbocycles. The van der Waals surface area contributed by atoms with Crippen molar-refractivity contribution < 1.29 is 14.3 Å². The van der Waals surface area contributed by atoms with Crippen molar-refractivity contribution in [1.29, 1.82) is 0 Å². The van der Waals surface area contributed by atoms with Crippen molar-refractivity contribution in [2.24, 2.45) is 5.10 Å². The Morgan fingerprint density at radius 1 is 1.20 bits per heavy atom. The van der Waals surface area contributed by atoms with Gasteiger partial charge in [0.1, 0.15) is 12.4 Å². The summed E-state index contributed by atoms with van der Waals surface area (Å²) in [5, 5.41) is 6.57. The summed E-state index contributed by atoms with van der Waals surface area (Å²) in [5.41, 5.74) is 4.18. The molecule has 6 heteroatoms. The van der Waals surface area contributed by atoms with Gasteiger partial charge in [0, 0.05) is 18.2 Å². The van der Waals surface area contributed by atoms with Gasteiger partial charge >= 0.3 is 0 Å². The largest absolute Gasteiger partial charge is 0.490 e. The Balaban J connectivity index is 1.98. The predicted octanol–water partition coefficient (Wildman–Crippen LogP) is 2.97. The van der Waals surface area contributed by atoms with Gasteiger partial charge in [-0.3, -0.25) is 9.59 Å². The van der Waals surface area contributed by atoms with Crippen molar-refractivity contribution in [2.45, 2.75) is 6.92 Å². The van der Waals surface area contributed by atoms with E-state index in [0.29, 0.717) is 23.6 Å². The van der Waals surface area contributed by atoms with Gasteiger partial charge in [0.25, 0.3) is 5.91 Å². The molecule has 0 saturated heterocycles. The van der Waals surface area contributed by atoms with Gasteiger partial charge in [-0.2, -0.15) is 5.10 Å². The molecular formula is C19H19N3O3. The second-order valence-corrected chi connectivity index (χ2v) is 5.13. The van der Waals surface area contributed by atoms with Crippen LogP contribution < -0.4 is 15.5 Å². The zero-order valence-electron chi connectivity index (χ0n) is 13.9. The maximum Gasteiger partial charge on any atom is 0.271 e. The number of rotatable bonds is 7. The normalized spacial score (nSPS) is 10.3. The molecule has 2 N–H and O–H groups in total. The number of hydrazone groups is 1. The standard InChI is InChI=1S/C19H19N3O3/c1-3-10-25-18-9-4-6-15(11-18)13-20-22-19(24)16-7-5-8-17(12-16)21-14(2)23/h3-9,11-13H,1,10H2,2H3,(H,21,23)(H,22,24)/b20-13-. The summed E-state index contributed by atoms with van der Waals surface area (Å²) in [7, 11) is 0. The molecule has 25 heavy (non-hydrogen) atoms. The van der Waals surface area contributed by atoms with Crippen LogP contribution in [0.2, 0.25) is 0 Å². The maximum absolute atomic E-state index is 12.1. The lowest BCUT2D eigenvalue weighted by atomic mass is 10.2. The van der Waals surface area contributed by atoms with E-state index < -0.39 is 0 Å². The highest BCUT2D eigenvalue weighted by atomic mass is 16.5. The number of hydrogen-bond acceptors (Lipinski definition) is 4. The average Bonchev–Trinajstić information content (AvgIpc) is 2.60. The zero-order chi connectivity index (χ0) is 18.1. The molecule has 0 spiro atoms. The van der Waals surface area contributed by atoms with Gasteiger partial charge in [-0.05, 0) is 35.9 Å². The Morgan fingerprint density at radius 2 is 2.00 bits per heavy atom. The monoisotopic (exact) mass is 337 g/mol. The number of nitrogens with zero attached hydrogens (tertiary/aromatic N) is 1. The van der Waals surface area contributed by atoms with Crippen LogP contribution in [0.3, 0.4) is 0 Å². The smallest absolute Gasteiger partial charge is 0.271 e. The minimum atomic E-state index is -0.373. The molecule has 0 unspecified atom stereocenters. The number of hydrogen-bond donors (Lipinski definition) is 2. The third-order valence-electron chi connectivity index (χ3n) is 3.05. The fourth-order valence-electron chi connectivity index (χ4n) is 2.01. The van der Waals surface area contributed by atoms with E-state index in [1.807, 2.05) is 18.2 Å². The van der Waals surface area contributed by atoms with Crippen LogP contribution in [-0.4, -0.2) is 24.6 Å². The van der Waals surface area contributed by atoms with E-state index in [1.54, 1.807) is 36.4 Å². The number of ether oxygens (including phenoxy) is 1. The van der Waals surface area contributed by atoms with Crippen molar-refractivity contribution in [2.75, 3.05) is 11.9 Å². The molecule has 0 radical (unpaired) electrons. The highest BCUT2D eigenvalue weighted by molar-refractivity contribution is 5.97. The third kappa shape index (κ3) is 5.95. The second-order valence-electron chi connectivity index (χ2n) is 5.13. The fraction of sp³-hybridized carbons (Fsp3) is 0.105. The van der Waals surface area contributed by atoms with Crippen molar-refractivity contribution in [3.63, 3.8) is 0 Å². The van der Waals surface area contributed by atoms with Crippen LogP contribution in [0, 0.1) is 0 Å².